The highest BCUT2D eigenvalue weighted by Gasteiger charge is 2.49. The molecule has 0 radical (unpaired) electrons. The first kappa shape index (κ1) is 19.6. The van der Waals surface area contributed by atoms with Gasteiger partial charge in [0.05, 0.1) is 6.10 Å². The van der Waals surface area contributed by atoms with Gasteiger partial charge in [0, 0.05) is 18.5 Å². The molecule has 2 aliphatic heterocycles. The van der Waals surface area contributed by atoms with Crippen molar-refractivity contribution in [3.8, 4) is 0 Å². The van der Waals surface area contributed by atoms with Gasteiger partial charge < -0.3 is 20.4 Å². The van der Waals surface area contributed by atoms with E-state index in [-0.39, 0.29) is 12.0 Å². The Morgan fingerprint density at radius 1 is 1.42 bits per heavy atom. The first-order valence-corrected chi connectivity index (χ1v) is 9.08. The van der Waals surface area contributed by atoms with Gasteiger partial charge in [-0.05, 0) is 50.8 Å². The third-order valence-corrected chi connectivity index (χ3v) is 5.66. The van der Waals surface area contributed by atoms with Crippen LogP contribution >= 0.6 is 0 Å². The minimum absolute atomic E-state index is 0.00907. The normalized spacial score (nSPS) is 37.3. The standard InChI is InChI=1S/C19H33NO4/c1-5-7-12(2)16(21)17(22)13(3)10-14-11-20-9-6-8-15(20)19(4,24)18(14)23/h7,10,13,15-18,21-24H,5-6,8-9,11H2,1-4H3/b12-7+,14-10-/t13-,15+,16-,17-,18-,19-/m0/s1. The number of allylic oxidation sites excluding steroid dienone is 1. The summed E-state index contributed by atoms with van der Waals surface area (Å²) < 4.78 is 0. The van der Waals surface area contributed by atoms with Gasteiger partial charge in [-0.3, -0.25) is 4.90 Å². The lowest BCUT2D eigenvalue weighted by Crippen LogP contribution is -2.61. The molecule has 0 unspecified atom stereocenters. The van der Waals surface area contributed by atoms with E-state index >= 15 is 0 Å². The quantitative estimate of drug-likeness (QED) is 0.566. The zero-order valence-electron chi connectivity index (χ0n) is 15.3. The summed E-state index contributed by atoms with van der Waals surface area (Å²) in [5.41, 5.74) is 0.308. The molecule has 0 spiro atoms. The van der Waals surface area contributed by atoms with Crippen molar-refractivity contribution in [1.82, 2.24) is 4.90 Å². The maximum atomic E-state index is 10.7. The molecule has 2 heterocycles. The van der Waals surface area contributed by atoms with E-state index < -0.39 is 23.9 Å². The zero-order chi connectivity index (χ0) is 18.1. The van der Waals surface area contributed by atoms with Gasteiger partial charge in [-0.15, -0.1) is 0 Å². The number of piperidine rings is 1. The maximum absolute atomic E-state index is 10.7. The average Bonchev–Trinajstić information content (AvgIpc) is 3.00. The van der Waals surface area contributed by atoms with Crippen LogP contribution in [-0.2, 0) is 0 Å². The van der Waals surface area contributed by atoms with Crippen LogP contribution in [0.4, 0.5) is 0 Å². The van der Waals surface area contributed by atoms with Gasteiger partial charge in [0.1, 0.15) is 17.8 Å². The summed E-state index contributed by atoms with van der Waals surface area (Å²) >= 11 is 0. The van der Waals surface area contributed by atoms with Crippen LogP contribution < -0.4 is 0 Å². The summed E-state index contributed by atoms with van der Waals surface area (Å²) in [5.74, 6) is -0.320. The molecule has 2 fully saturated rings. The molecule has 0 aliphatic carbocycles. The van der Waals surface area contributed by atoms with E-state index in [9.17, 15) is 20.4 Å². The second-order valence-electron chi connectivity index (χ2n) is 7.65. The van der Waals surface area contributed by atoms with Crippen LogP contribution in [0.3, 0.4) is 0 Å². The molecule has 5 heteroatoms. The van der Waals surface area contributed by atoms with Crippen LogP contribution in [0.15, 0.2) is 23.3 Å². The topological polar surface area (TPSA) is 84.2 Å². The molecular weight excluding hydrogens is 306 g/mol. The van der Waals surface area contributed by atoms with Crippen molar-refractivity contribution in [1.29, 1.82) is 0 Å². The van der Waals surface area contributed by atoms with Gasteiger partial charge in [0.15, 0.2) is 0 Å². The molecule has 24 heavy (non-hydrogen) atoms. The summed E-state index contributed by atoms with van der Waals surface area (Å²) in [4.78, 5) is 2.20. The molecule has 0 aromatic rings. The Kier molecular flexibility index (Phi) is 6.26. The van der Waals surface area contributed by atoms with Gasteiger partial charge >= 0.3 is 0 Å². The van der Waals surface area contributed by atoms with E-state index in [1.54, 1.807) is 6.92 Å². The number of hydrogen-bond donors (Lipinski definition) is 4. The molecule has 0 amide bonds. The number of aliphatic hydroxyl groups excluding tert-OH is 3. The summed E-state index contributed by atoms with van der Waals surface area (Å²) in [6.45, 7) is 8.85. The Morgan fingerprint density at radius 2 is 2.08 bits per heavy atom. The number of aliphatic hydroxyl groups is 4. The van der Waals surface area contributed by atoms with Crippen LogP contribution in [0.25, 0.3) is 0 Å². The Bertz CT molecular complexity index is 500. The van der Waals surface area contributed by atoms with Crippen molar-refractivity contribution in [2.45, 2.75) is 76.9 Å². The summed E-state index contributed by atoms with van der Waals surface area (Å²) in [5, 5.41) is 42.0. The van der Waals surface area contributed by atoms with Crippen molar-refractivity contribution in [2.24, 2.45) is 5.92 Å². The molecule has 2 aliphatic rings. The minimum Gasteiger partial charge on any atom is -0.389 e. The van der Waals surface area contributed by atoms with Crippen LogP contribution in [0.5, 0.6) is 0 Å². The highest BCUT2D eigenvalue weighted by molar-refractivity contribution is 5.24. The number of fused-ring (bicyclic) bond motifs is 1. The highest BCUT2D eigenvalue weighted by Crippen LogP contribution is 2.37. The van der Waals surface area contributed by atoms with E-state index in [1.165, 1.54) is 0 Å². The predicted molar refractivity (Wildman–Crippen MR) is 94.5 cm³/mol. The Morgan fingerprint density at radius 3 is 2.71 bits per heavy atom. The van der Waals surface area contributed by atoms with E-state index in [2.05, 4.69) is 4.90 Å². The van der Waals surface area contributed by atoms with Crippen LogP contribution in [-0.4, -0.2) is 68.4 Å². The van der Waals surface area contributed by atoms with Crippen molar-refractivity contribution < 1.29 is 20.4 Å². The second-order valence-corrected chi connectivity index (χ2v) is 7.65. The predicted octanol–water partition coefficient (Wildman–Crippen LogP) is 1.22. The lowest BCUT2D eigenvalue weighted by molar-refractivity contribution is -0.110. The Labute approximate surface area is 145 Å². The smallest absolute Gasteiger partial charge is 0.107 e. The summed E-state index contributed by atoms with van der Waals surface area (Å²) in [6.07, 6.45) is 3.67. The van der Waals surface area contributed by atoms with Crippen molar-refractivity contribution in [2.75, 3.05) is 13.1 Å². The summed E-state index contributed by atoms with van der Waals surface area (Å²) in [6, 6.07) is -0.00907. The monoisotopic (exact) mass is 339 g/mol. The van der Waals surface area contributed by atoms with Gasteiger partial charge in [-0.1, -0.05) is 26.0 Å². The molecular formula is C19H33NO4. The van der Waals surface area contributed by atoms with E-state index in [1.807, 2.05) is 32.9 Å². The molecule has 0 aromatic carbocycles. The number of nitrogens with zero attached hydrogens (tertiary/aromatic N) is 1. The molecule has 0 saturated carbocycles. The third kappa shape index (κ3) is 3.75. The highest BCUT2D eigenvalue weighted by atomic mass is 16.3. The largest absolute Gasteiger partial charge is 0.389 e. The average molecular weight is 339 g/mol. The second kappa shape index (κ2) is 7.67. The van der Waals surface area contributed by atoms with E-state index in [0.717, 1.165) is 37.0 Å². The number of hydrogen-bond acceptors (Lipinski definition) is 5. The fraction of sp³-hybridized carbons (Fsp3) is 0.789. The maximum Gasteiger partial charge on any atom is 0.107 e. The van der Waals surface area contributed by atoms with E-state index in [0.29, 0.717) is 6.54 Å². The molecule has 2 rings (SSSR count). The first-order chi connectivity index (χ1) is 11.2. The van der Waals surface area contributed by atoms with Crippen LogP contribution in [0, 0.1) is 5.92 Å². The van der Waals surface area contributed by atoms with Gasteiger partial charge in [0.2, 0.25) is 0 Å². The van der Waals surface area contributed by atoms with Crippen LogP contribution in [0.2, 0.25) is 0 Å². The fourth-order valence-electron chi connectivity index (χ4n) is 4.14. The molecule has 138 valence electrons. The van der Waals surface area contributed by atoms with Gasteiger partial charge in [0.25, 0.3) is 0 Å². The molecule has 6 atom stereocenters. The SMILES string of the molecule is CC/C=C(\C)[C@H](O)[C@@H](O)[C@@H](C)/C=C1/CN2CCC[C@@H]2[C@](C)(O)[C@H]1O. The Balaban J connectivity index is 2.15. The lowest BCUT2D eigenvalue weighted by atomic mass is 9.79. The number of rotatable bonds is 5. The van der Waals surface area contributed by atoms with Crippen molar-refractivity contribution in [3.63, 3.8) is 0 Å². The van der Waals surface area contributed by atoms with Crippen molar-refractivity contribution >= 4 is 0 Å². The minimum atomic E-state index is -1.18. The molecule has 0 bridgehead atoms. The van der Waals surface area contributed by atoms with Crippen molar-refractivity contribution in [3.05, 3.63) is 23.3 Å². The zero-order valence-corrected chi connectivity index (χ0v) is 15.3. The van der Waals surface area contributed by atoms with Gasteiger partial charge in [-0.2, -0.15) is 0 Å². The summed E-state index contributed by atoms with van der Waals surface area (Å²) in [7, 11) is 0. The molecule has 0 aromatic heterocycles. The fourth-order valence-corrected chi connectivity index (χ4v) is 4.14. The van der Waals surface area contributed by atoms with Crippen LogP contribution in [0.1, 0.15) is 47.0 Å². The third-order valence-electron chi connectivity index (χ3n) is 5.66. The Hall–Kier alpha value is -0.720. The molecule has 5 nitrogen and oxygen atoms in total. The van der Waals surface area contributed by atoms with E-state index in [4.69, 9.17) is 0 Å². The molecule has 2 saturated heterocycles. The van der Waals surface area contributed by atoms with Gasteiger partial charge in [-0.25, -0.2) is 0 Å². The lowest BCUT2D eigenvalue weighted by Gasteiger charge is -2.46. The first-order valence-electron chi connectivity index (χ1n) is 9.08. The molecule has 4 N–H and O–H groups in total.